The second-order valence-corrected chi connectivity index (χ2v) is 1.62. The van der Waals surface area contributed by atoms with Gasteiger partial charge < -0.3 is 10.4 Å². The lowest BCUT2D eigenvalue weighted by molar-refractivity contribution is -0.134. The zero-order valence-electron chi connectivity index (χ0n) is 6.76. The lowest BCUT2D eigenvalue weighted by atomic mass is 10.6. The number of aliphatic carboxylic acids is 1. The highest BCUT2D eigenvalue weighted by atomic mass is 16.4. The fourth-order valence-corrected chi connectivity index (χ4v) is 0.246. The van der Waals surface area contributed by atoms with Gasteiger partial charge in [0.25, 0.3) is 5.97 Å². The molecule has 0 aliphatic heterocycles. The van der Waals surface area contributed by atoms with Crippen LogP contribution in [0.2, 0.25) is 0 Å². The Balaban J connectivity index is 0. The summed E-state index contributed by atoms with van der Waals surface area (Å²) in [4.78, 5) is 19.2. The molecule has 2 N–H and O–H groups in total. The summed E-state index contributed by atoms with van der Waals surface area (Å²) in [5.74, 6) is -0.942. The zero-order chi connectivity index (χ0) is 9.28. The number of likely N-dealkylation sites (N-methyl/N-ethyl adjacent to an activating group) is 1. The van der Waals surface area contributed by atoms with Gasteiger partial charge in [-0.1, -0.05) is 6.58 Å². The molecule has 1 amide bonds. The SMILES string of the molecule is C=CC(=O)NCC.CC(=O)O. The maximum atomic E-state index is 10.2. The van der Waals surface area contributed by atoms with Crippen molar-refractivity contribution < 1.29 is 14.7 Å². The van der Waals surface area contributed by atoms with Crippen LogP contribution in [0.4, 0.5) is 0 Å². The highest BCUT2D eigenvalue weighted by Crippen LogP contribution is 1.61. The van der Waals surface area contributed by atoms with Crippen LogP contribution in [0.15, 0.2) is 12.7 Å². The first-order valence-corrected chi connectivity index (χ1v) is 3.14. The minimum absolute atomic E-state index is 0.109. The number of rotatable bonds is 2. The van der Waals surface area contributed by atoms with Gasteiger partial charge in [-0.2, -0.15) is 0 Å². The van der Waals surface area contributed by atoms with Crippen LogP contribution in [-0.2, 0) is 9.59 Å². The summed E-state index contributed by atoms with van der Waals surface area (Å²) >= 11 is 0. The van der Waals surface area contributed by atoms with Crippen molar-refractivity contribution in [1.82, 2.24) is 5.32 Å². The standard InChI is InChI=1S/C5H9NO.C2H4O2/c1-3-5(7)6-4-2;1-2(3)4/h3H,1,4H2,2H3,(H,6,7);1H3,(H,3,4). The van der Waals surface area contributed by atoms with Crippen LogP contribution < -0.4 is 5.32 Å². The normalized spacial score (nSPS) is 7.09. The third kappa shape index (κ3) is 28.6. The Bertz CT molecular complexity index is 139. The number of nitrogens with one attached hydrogen (secondary N) is 1. The van der Waals surface area contributed by atoms with E-state index in [2.05, 4.69) is 11.9 Å². The van der Waals surface area contributed by atoms with Crippen molar-refractivity contribution in [2.24, 2.45) is 0 Å². The minimum Gasteiger partial charge on any atom is -0.481 e. The van der Waals surface area contributed by atoms with E-state index in [1.54, 1.807) is 0 Å². The third-order valence-corrected chi connectivity index (χ3v) is 0.536. The number of hydrogen-bond donors (Lipinski definition) is 2. The van der Waals surface area contributed by atoms with Crippen LogP contribution in [0, 0.1) is 0 Å². The molecule has 4 nitrogen and oxygen atoms in total. The summed E-state index contributed by atoms with van der Waals surface area (Å²) in [5, 5.41) is 9.95. The van der Waals surface area contributed by atoms with Gasteiger partial charge in [-0.25, -0.2) is 0 Å². The van der Waals surface area contributed by atoms with E-state index in [1.165, 1.54) is 6.08 Å². The quantitative estimate of drug-likeness (QED) is 0.573. The molecule has 0 saturated heterocycles. The summed E-state index contributed by atoms with van der Waals surface area (Å²) in [5.41, 5.74) is 0. The third-order valence-electron chi connectivity index (χ3n) is 0.536. The van der Waals surface area contributed by atoms with E-state index in [9.17, 15) is 4.79 Å². The molecule has 0 aromatic rings. The number of amides is 1. The van der Waals surface area contributed by atoms with Gasteiger partial charge >= 0.3 is 0 Å². The van der Waals surface area contributed by atoms with Gasteiger partial charge in [0.15, 0.2) is 0 Å². The molecule has 0 unspecified atom stereocenters. The number of carbonyl (C=O) groups is 2. The van der Waals surface area contributed by atoms with Gasteiger partial charge in [-0.15, -0.1) is 0 Å². The first-order valence-electron chi connectivity index (χ1n) is 3.14. The molecule has 0 bridgehead atoms. The Labute approximate surface area is 65.9 Å². The first kappa shape index (κ1) is 12.4. The summed E-state index contributed by atoms with van der Waals surface area (Å²) in [7, 11) is 0. The second-order valence-electron chi connectivity index (χ2n) is 1.62. The van der Waals surface area contributed by atoms with Crippen LogP contribution in [0.1, 0.15) is 13.8 Å². The minimum atomic E-state index is -0.833. The molecule has 0 aliphatic carbocycles. The van der Waals surface area contributed by atoms with Crippen molar-refractivity contribution in [1.29, 1.82) is 0 Å². The Morgan fingerprint density at radius 2 is 2.00 bits per heavy atom. The molecule has 0 heterocycles. The summed E-state index contributed by atoms with van der Waals surface area (Å²) in [6.07, 6.45) is 1.25. The maximum Gasteiger partial charge on any atom is 0.300 e. The number of carboxylic acid groups (broad SMARTS) is 1. The van der Waals surface area contributed by atoms with Crippen molar-refractivity contribution >= 4 is 11.9 Å². The summed E-state index contributed by atoms with van der Waals surface area (Å²) in [6, 6.07) is 0. The predicted octanol–water partition coefficient (Wildman–Crippen LogP) is 0.399. The Morgan fingerprint density at radius 1 is 1.64 bits per heavy atom. The lowest BCUT2D eigenvalue weighted by Crippen LogP contribution is -2.19. The Morgan fingerprint density at radius 3 is 2.09 bits per heavy atom. The molecular formula is C7H13NO3. The molecule has 0 fully saturated rings. The second kappa shape index (κ2) is 8.68. The van der Waals surface area contributed by atoms with Gasteiger partial charge in [-0.3, -0.25) is 9.59 Å². The largest absolute Gasteiger partial charge is 0.481 e. The molecule has 0 aromatic heterocycles. The fraction of sp³-hybridized carbons (Fsp3) is 0.429. The molecule has 0 rings (SSSR count). The van der Waals surface area contributed by atoms with Crippen LogP contribution in [0.5, 0.6) is 0 Å². The lowest BCUT2D eigenvalue weighted by Gasteiger charge is -1.90. The van der Waals surface area contributed by atoms with Crippen LogP contribution in [0.25, 0.3) is 0 Å². The van der Waals surface area contributed by atoms with Gasteiger partial charge in [0.2, 0.25) is 5.91 Å². The number of carboxylic acids is 1. The Hall–Kier alpha value is -1.32. The molecule has 0 aromatic carbocycles. The van der Waals surface area contributed by atoms with Gasteiger partial charge in [0.1, 0.15) is 0 Å². The predicted molar refractivity (Wildman–Crippen MR) is 42.2 cm³/mol. The zero-order valence-corrected chi connectivity index (χ0v) is 6.76. The van der Waals surface area contributed by atoms with E-state index >= 15 is 0 Å². The van der Waals surface area contributed by atoms with Crippen molar-refractivity contribution in [3.63, 3.8) is 0 Å². The van der Waals surface area contributed by atoms with E-state index < -0.39 is 5.97 Å². The van der Waals surface area contributed by atoms with E-state index in [0.29, 0.717) is 6.54 Å². The fourth-order valence-electron chi connectivity index (χ4n) is 0.246. The van der Waals surface area contributed by atoms with Crippen molar-refractivity contribution in [3.8, 4) is 0 Å². The molecule has 11 heavy (non-hydrogen) atoms. The molecule has 0 saturated carbocycles. The highest BCUT2D eigenvalue weighted by molar-refractivity contribution is 5.86. The van der Waals surface area contributed by atoms with Gasteiger partial charge in [-0.05, 0) is 13.0 Å². The molecule has 0 aliphatic rings. The average molecular weight is 159 g/mol. The van der Waals surface area contributed by atoms with Crippen molar-refractivity contribution in [2.45, 2.75) is 13.8 Å². The molecule has 0 radical (unpaired) electrons. The van der Waals surface area contributed by atoms with E-state index in [-0.39, 0.29) is 5.91 Å². The monoisotopic (exact) mass is 159 g/mol. The molecule has 0 atom stereocenters. The summed E-state index contributed by atoms with van der Waals surface area (Å²) < 4.78 is 0. The molecule has 64 valence electrons. The smallest absolute Gasteiger partial charge is 0.300 e. The van der Waals surface area contributed by atoms with Crippen LogP contribution >= 0.6 is 0 Å². The first-order chi connectivity index (χ1) is 5.04. The number of hydrogen-bond acceptors (Lipinski definition) is 2. The van der Waals surface area contributed by atoms with Gasteiger partial charge in [0.05, 0.1) is 0 Å². The summed E-state index contributed by atoms with van der Waals surface area (Å²) in [6.45, 7) is 6.88. The maximum absolute atomic E-state index is 10.2. The van der Waals surface area contributed by atoms with Crippen molar-refractivity contribution in [3.05, 3.63) is 12.7 Å². The molecule has 4 heteroatoms. The van der Waals surface area contributed by atoms with Crippen molar-refractivity contribution in [2.75, 3.05) is 6.54 Å². The molecular weight excluding hydrogens is 146 g/mol. The number of carbonyl (C=O) groups excluding carboxylic acids is 1. The van der Waals surface area contributed by atoms with E-state index in [4.69, 9.17) is 9.90 Å². The highest BCUT2D eigenvalue weighted by Gasteiger charge is 1.83. The average Bonchev–Trinajstić information content (AvgIpc) is 1.87. The van der Waals surface area contributed by atoms with Gasteiger partial charge in [0, 0.05) is 13.5 Å². The van der Waals surface area contributed by atoms with E-state index in [1.807, 2.05) is 6.92 Å². The molecule has 0 spiro atoms. The van der Waals surface area contributed by atoms with E-state index in [0.717, 1.165) is 6.92 Å². The van der Waals surface area contributed by atoms with Crippen LogP contribution in [-0.4, -0.2) is 23.5 Å². The topological polar surface area (TPSA) is 66.4 Å². The van der Waals surface area contributed by atoms with Crippen LogP contribution in [0.3, 0.4) is 0 Å². The Kier molecular flexibility index (Phi) is 9.76.